The first-order valence-corrected chi connectivity index (χ1v) is 4.48. The topological polar surface area (TPSA) is 33.1 Å². The zero-order chi connectivity index (χ0) is 11.0. The predicted molar refractivity (Wildman–Crippen MR) is 52.3 cm³/mol. The Bertz CT molecular complexity index is 525. The van der Waals surface area contributed by atoms with Crippen molar-refractivity contribution in [1.82, 2.24) is 4.98 Å². The molecule has 1 aromatic carbocycles. The molecular weight excluding hydrogens is 200 g/mol. The lowest BCUT2D eigenvalue weighted by atomic mass is 10.1. The Balaban J connectivity index is 2.90. The molecule has 2 aromatic rings. The monoisotopic (exact) mass is 209 g/mol. The van der Waals surface area contributed by atoms with E-state index in [9.17, 15) is 8.78 Å². The highest BCUT2D eigenvalue weighted by molar-refractivity contribution is 5.83. The fraction of sp³-hybridized carbons (Fsp3) is 0.182. The summed E-state index contributed by atoms with van der Waals surface area (Å²) in [5.74, 6) is -1.08. The van der Waals surface area contributed by atoms with Gasteiger partial charge in [0.05, 0.1) is 12.3 Å². The maximum Gasteiger partial charge on any atom is 0.149 e. The summed E-state index contributed by atoms with van der Waals surface area (Å²) in [6, 6.07) is 3.65. The Hall–Kier alpha value is -1.55. The van der Waals surface area contributed by atoms with Gasteiger partial charge >= 0.3 is 0 Å². The number of nitrogens with zero attached hydrogens (tertiary/aromatic N) is 1. The first-order valence-electron chi connectivity index (χ1n) is 4.48. The van der Waals surface area contributed by atoms with E-state index in [0.29, 0.717) is 11.3 Å². The van der Waals surface area contributed by atoms with E-state index in [0.717, 1.165) is 12.1 Å². The third-order valence-corrected chi connectivity index (χ3v) is 2.27. The lowest BCUT2D eigenvalue weighted by Crippen LogP contribution is -1.96. The fourth-order valence-electron chi connectivity index (χ4n) is 1.60. The molecule has 1 aromatic heterocycles. The summed E-state index contributed by atoms with van der Waals surface area (Å²) >= 11 is 0. The molecule has 1 heterocycles. The van der Waals surface area contributed by atoms with Crippen molar-refractivity contribution in [3.63, 3.8) is 0 Å². The SMILES string of the molecule is Cc1cc(CO)nc2c(F)ccc(F)c12. The lowest BCUT2D eigenvalue weighted by Gasteiger charge is -2.06. The Labute approximate surface area is 85.2 Å². The van der Waals surface area contributed by atoms with Crippen LogP contribution in [0.25, 0.3) is 10.9 Å². The smallest absolute Gasteiger partial charge is 0.149 e. The van der Waals surface area contributed by atoms with E-state index in [-0.39, 0.29) is 17.5 Å². The number of hydrogen-bond acceptors (Lipinski definition) is 2. The van der Waals surface area contributed by atoms with Crippen LogP contribution in [0.3, 0.4) is 0 Å². The number of hydrogen-bond donors (Lipinski definition) is 1. The van der Waals surface area contributed by atoms with Gasteiger partial charge in [-0.3, -0.25) is 0 Å². The number of benzene rings is 1. The zero-order valence-electron chi connectivity index (χ0n) is 8.09. The van der Waals surface area contributed by atoms with Gasteiger partial charge < -0.3 is 5.11 Å². The molecule has 15 heavy (non-hydrogen) atoms. The molecule has 0 fully saturated rings. The van der Waals surface area contributed by atoms with Crippen molar-refractivity contribution in [2.75, 3.05) is 0 Å². The standard InChI is InChI=1S/C11H9F2NO/c1-6-4-7(5-15)14-11-9(13)3-2-8(12)10(6)11/h2-4,15H,5H2,1H3. The summed E-state index contributed by atoms with van der Waals surface area (Å²) in [5.41, 5.74) is 0.879. The number of aromatic nitrogens is 1. The first-order chi connectivity index (χ1) is 7.13. The number of halogens is 2. The summed E-state index contributed by atoms with van der Waals surface area (Å²) in [4.78, 5) is 3.85. The molecular formula is C11H9F2NO. The fourth-order valence-corrected chi connectivity index (χ4v) is 1.60. The molecule has 0 saturated carbocycles. The van der Waals surface area contributed by atoms with Gasteiger partial charge in [0, 0.05) is 5.39 Å². The maximum absolute atomic E-state index is 13.4. The Morgan fingerprint density at radius 1 is 1.27 bits per heavy atom. The van der Waals surface area contributed by atoms with E-state index >= 15 is 0 Å². The Kier molecular flexibility index (Phi) is 2.36. The van der Waals surface area contributed by atoms with E-state index in [4.69, 9.17) is 5.11 Å². The van der Waals surface area contributed by atoms with Crippen LogP contribution in [0, 0.1) is 18.6 Å². The van der Waals surface area contributed by atoms with Crippen LogP contribution >= 0.6 is 0 Å². The quantitative estimate of drug-likeness (QED) is 0.781. The number of rotatable bonds is 1. The van der Waals surface area contributed by atoms with Crippen LogP contribution in [0.2, 0.25) is 0 Å². The second kappa shape index (κ2) is 3.55. The van der Waals surface area contributed by atoms with Crippen molar-refractivity contribution in [3.8, 4) is 0 Å². The molecule has 2 nitrogen and oxygen atoms in total. The molecule has 0 radical (unpaired) electrons. The van der Waals surface area contributed by atoms with Crippen LogP contribution in [-0.2, 0) is 6.61 Å². The van der Waals surface area contributed by atoms with E-state index in [1.54, 1.807) is 13.0 Å². The molecule has 0 spiro atoms. The van der Waals surface area contributed by atoms with Gasteiger partial charge in [-0.2, -0.15) is 0 Å². The minimum atomic E-state index is -0.579. The third kappa shape index (κ3) is 1.57. The van der Waals surface area contributed by atoms with Crippen LogP contribution in [0.4, 0.5) is 8.78 Å². The molecule has 0 amide bonds. The van der Waals surface area contributed by atoms with E-state index in [1.165, 1.54) is 0 Å². The van der Waals surface area contributed by atoms with Gasteiger partial charge in [-0.1, -0.05) is 0 Å². The summed E-state index contributed by atoms with van der Waals surface area (Å²) in [5, 5.41) is 9.08. The molecule has 0 aliphatic carbocycles. The van der Waals surface area contributed by atoms with Gasteiger partial charge in [-0.05, 0) is 30.7 Å². The highest BCUT2D eigenvalue weighted by Crippen LogP contribution is 2.23. The van der Waals surface area contributed by atoms with Crippen LogP contribution in [0.5, 0.6) is 0 Å². The summed E-state index contributed by atoms with van der Waals surface area (Å²) in [6.45, 7) is 1.37. The van der Waals surface area contributed by atoms with Crippen LogP contribution < -0.4 is 0 Å². The number of pyridine rings is 1. The van der Waals surface area contributed by atoms with Crippen molar-refractivity contribution in [3.05, 3.63) is 41.1 Å². The normalized spacial score (nSPS) is 10.9. The highest BCUT2D eigenvalue weighted by Gasteiger charge is 2.11. The minimum absolute atomic E-state index is 0.0287. The van der Waals surface area contributed by atoms with Gasteiger partial charge in [0.25, 0.3) is 0 Å². The van der Waals surface area contributed by atoms with Crippen molar-refractivity contribution >= 4 is 10.9 Å². The molecule has 1 N–H and O–H groups in total. The lowest BCUT2D eigenvalue weighted by molar-refractivity contribution is 0.277. The second-order valence-electron chi connectivity index (χ2n) is 3.34. The Morgan fingerprint density at radius 2 is 1.93 bits per heavy atom. The largest absolute Gasteiger partial charge is 0.390 e. The number of aliphatic hydroxyl groups is 1. The van der Waals surface area contributed by atoms with Crippen LogP contribution in [-0.4, -0.2) is 10.1 Å². The van der Waals surface area contributed by atoms with Crippen LogP contribution in [0.1, 0.15) is 11.3 Å². The predicted octanol–water partition coefficient (Wildman–Crippen LogP) is 2.31. The average Bonchev–Trinajstić information content (AvgIpc) is 2.23. The second-order valence-corrected chi connectivity index (χ2v) is 3.34. The molecule has 0 bridgehead atoms. The van der Waals surface area contributed by atoms with Crippen molar-refractivity contribution in [1.29, 1.82) is 0 Å². The van der Waals surface area contributed by atoms with Crippen LogP contribution in [0.15, 0.2) is 18.2 Å². The van der Waals surface area contributed by atoms with Gasteiger partial charge in [-0.15, -0.1) is 0 Å². The van der Waals surface area contributed by atoms with E-state index in [2.05, 4.69) is 4.98 Å². The number of fused-ring (bicyclic) bond motifs is 1. The first kappa shape index (κ1) is 9.98. The third-order valence-electron chi connectivity index (χ3n) is 2.27. The molecule has 0 aliphatic heterocycles. The van der Waals surface area contributed by atoms with E-state index < -0.39 is 11.6 Å². The zero-order valence-corrected chi connectivity index (χ0v) is 8.09. The molecule has 2 rings (SSSR count). The molecule has 4 heteroatoms. The minimum Gasteiger partial charge on any atom is -0.390 e. The number of aliphatic hydroxyl groups excluding tert-OH is 1. The van der Waals surface area contributed by atoms with Gasteiger partial charge in [0.15, 0.2) is 0 Å². The van der Waals surface area contributed by atoms with Crippen molar-refractivity contribution in [2.45, 2.75) is 13.5 Å². The molecule has 78 valence electrons. The van der Waals surface area contributed by atoms with Gasteiger partial charge in [0.2, 0.25) is 0 Å². The summed E-state index contributed by atoms with van der Waals surface area (Å²) < 4.78 is 26.7. The van der Waals surface area contributed by atoms with E-state index in [1.807, 2.05) is 0 Å². The maximum atomic E-state index is 13.4. The average molecular weight is 209 g/mol. The Morgan fingerprint density at radius 3 is 2.60 bits per heavy atom. The van der Waals surface area contributed by atoms with Gasteiger partial charge in [0.1, 0.15) is 17.2 Å². The molecule has 0 atom stereocenters. The van der Waals surface area contributed by atoms with Crippen molar-refractivity contribution in [2.24, 2.45) is 0 Å². The molecule has 0 saturated heterocycles. The summed E-state index contributed by atoms with van der Waals surface area (Å²) in [7, 11) is 0. The molecule has 0 aliphatic rings. The number of aryl methyl sites for hydroxylation is 1. The van der Waals surface area contributed by atoms with Crippen molar-refractivity contribution < 1.29 is 13.9 Å². The highest BCUT2D eigenvalue weighted by atomic mass is 19.1. The molecule has 0 unspecified atom stereocenters. The van der Waals surface area contributed by atoms with Gasteiger partial charge in [-0.25, -0.2) is 13.8 Å². The summed E-state index contributed by atoms with van der Waals surface area (Å²) in [6.07, 6.45) is 0.